The lowest BCUT2D eigenvalue weighted by Gasteiger charge is -2.47. The first kappa shape index (κ1) is 12.9. The van der Waals surface area contributed by atoms with Crippen molar-refractivity contribution in [2.75, 3.05) is 39.3 Å². The summed E-state index contributed by atoms with van der Waals surface area (Å²) in [4.78, 5) is 5.37. The molecule has 0 saturated carbocycles. The van der Waals surface area contributed by atoms with Gasteiger partial charge in [-0.15, -0.1) is 0 Å². The summed E-state index contributed by atoms with van der Waals surface area (Å²) in [5.41, 5.74) is 0. The summed E-state index contributed by atoms with van der Waals surface area (Å²) in [5, 5.41) is 3.45. The Morgan fingerprint density at radius 2 is 2.22 bits per heavy atom. The second-order valence-electron chi connectivity index (χ2n) is 6.19. The number of rotatable bonds is 2. The van der Waals surface area contributed by atoms with E-state index in [1.165, 1.54) is 32.5 Å². The van der Waals surface area contributed by atoms with E-state index in [2.05, 4.69) is 29.0 Å². The lowest BCUT2D eigenvalue weighted by molar-refractivity contribution is -0.0583. The molecule has 3 heterocycles. The summed E-state index contributed by atoms with van der Waals surface area (Å²) in [6, 6.07) is 2.01. The molecule has 0 spiro atoms. The Bertz CT molecular complexity index is 280. The predicted octanol–water partition coefficient (Wildman–Crippen LogP) is 0.532. The zero-order valence-electron chi connectivity index (χ0n) is 11.8. The second kappa shape index (κ2) is 5.45. The van der Waals surface area contributed by atoms with E-state index in [9.17, 15) is 0 Å². The first-order chi connectivity index (χ1) is 8.75. The standard InChI is InChI=1S/C14H27N3O/c1-11-9-16-6-3-4-13(16)10-17(11)12(2)14-8-15-5-7-18-14/h11-15H,3-10H2,1-2H3. The first-order valence-electron chi connectivity index (χ1n) is 7.58. The zero-order chi connectivity index (χ0) is 12.5. The number of morpholine rings is 1. The van der Waals surface area contributed by atoms with Crippen molar-refractivity contribution in [1.82, 2.24) is 15.1 Å². The van der Waals surface area contributed by atoms with Crippen LogP contribution in [0.2, 0.25) is 0 Å². The van der Waals surface area contributed by atoms with Crippen molar-refractivity contribution in [1.29, 1.82) is 0 Å². The molecule has 1 N–H and O–H groups in total. The summed E-state index contributed by atoms with van der Waals surface area (Å²) in [6.45, 7) is 11.4. The lowest BCUT2D eigenvalue weighted by atomic mass is 10.0. The number of nitrogens with one attached hydrogen (secondary N) is 1. The predicted molar refractivity (Wildman–Crippen MR) is 72.8 cm³/mol. The van der Waals surface area contributed by atoms with E-state index in [1.54, 1.807) is 0 Å². The van der Waals surface area contributed by atoms with Crippen molar-refractivity contribution in [2.24, 2.45) is 0 Å². The lowest BCUT2D eigenvalue weighted by Crippen LogP contribution is -2.61. The molecule has 3 aliphatic heterocycles. The molecule has 4 atom stereocenters. The highest BCUT2D eigenvalue weighted by atomic mass is 16.5. The molecule has 3 fully saturated rings. The normalized spacial score (nSPS) is 40.7. The van der Waals surface area contributed by atoms with Crippen LogP contribution in [0.3, 0.4) is 0 Å². The van der Waals surface area contributed by atoms with Crippen LogP contribution in [0.15, 0.2) is 0 Å². The van der Waals surface area contributed by atoms with Gasteiger partial charge in [0.15, 0.2) is 0 Å². The Morgan fingerprint density at radius 3 is 3.00 bits per heavy atom. The highest BCUT2D eigenvalue weighted by molar-refractivity contribution is 4.94. The maximum atomic E-state index is 5.93. The van der Waals surface area contributed by atoms with Gasteiger partial charge >= 0.3 is 0 Å². The Kier molecular flexibility index (Phi) is 3.89. The van der Waals surface area contributed by atoms with Gasteiger partial charge in [0.2, 0.25) is 0 Å². The van der Waals surface area contributed by atoms with Crippen LogP contribution in [0.5, 0.6) is 0 Å². The minimum atomic E-state index is 0.370. The fourth-order valence-corrected chi connectivity index (χ4v) is 3.89. The minimum Gasteiger partial charge on any atom is -0.374 e. The molecule has 0 aromatic rings. The summed E-state index contributed by atoms with van der Waals surface area (Å²) in [5.74, 6) is 0. The highest BCUT2D eigenvalue weighted by Crippen LogP contribution is 2.27. The molecular weight excluding hydrogens is 226 g/mol. The average molecular weight is 253 g/mol. The van der Waals surface area contributed by atoms with Gasteiger partial charge in [-0.1, -0.05) is 0 Å². The van der Waals surface area contributed by atoms with E-state index < -0.39 is 0 Å². The number of ether oxygens (including phenoxy) is 1. The van der Waals surface area contributed by atoms with E-state index >= 15 is 0 Å². The number of hydrogen-bond acceptors (Lipinski definition) is 4. The van der Waals surface area contributed by atoms with Gasteiger partial charge in [0, 0.05) is 44.3 Å². The minimum absolute atomic E-state index is 0.370. The summed E-state index contributed by atoms with van der Waals surface area (Å²) >= 11 is 0. The van der Waals surface area contributed by atoms with E-state index in [-0.39, 0.29) is 0 Å². The molecule has 0 radical (unpaired) electrons. The Balaban J connectivity index is 1.63. The van der Waals surface area contributed by atoms with Crippen molar-refractivity contribution < 1.29 is 4.74 Å². The molecule has 0 bridgehead atoms. The highest BCUT2D eigenvalue weighted by Gasteiger charge is 2.38. The fraction of sp³-hybridized carbons (Fsp3) is 1.00. The van der Waals surface area contributed by atoms with Gasteiger partial charge in [-0.25, -0.2) is 0 Å². The van der Waals surface area contributed by atoms with E-state index in [0.717, 1.165) is 25.7 Å². The van der Waals surface area contributed by atoms with Crippen molar-refractivity contribution >= 4 is 0 Å². The van der Waals surface area contributed by atoms with Gasteiger partial charge in [-0.2, -0.15) is 0 Å². The molecule has 4 nitrogen and oxygen atoms in total. The average Bonchev–Trinajstić information content (AvgIpc) is 2.85. The monoisotopic (exact) mass is 253 g/mol. The van der Waals surface area contributed by atoms with Gasteiger partial charge in [0.1, 0.15) is 0 Å². The molecule has 4 heteroatoms. The van der Waals surface area contributed by atoms with Crippen LogP contribution < -0.4 is 5.32 Å². The van der Waals surface area contributed by atoms with Crippen LogP contribution in [0, 0.1) is 0 Å². The van der Waals surface area contributed by atoms with Gasteiger partial charge in [0.25, 0.3) is 0 Å². The maximum absolute atomic E-state index is 5.93. The number of nitrogens with zero attached hydrogens (tertiary/aromatic N) is 2. The van der Waals surface area contributed by atoms with Gasteiger partial charge < -0.3 is 10.1 Å². The van der Waals surface area contributed by atoms with Crippen LogP contribution in [-0.4, -0.2) is 73.4 Å². The Hall–Kier alpha value is -0.160. The number of hydrogen-bond donors (Lipinski definition) is 1. The fourth-order valence-electron chi connectivity index (χ4n) is 3.89. The molecule has 3 rings (SSSR count). The van der Waals surface area contributed by atoms with Gasteiger partial charge in [0.05, 0.1) is 12.7 Å². The van der Waals surface area contributed by atoms with Crippen LogP contribution in [-0.2, 0) is 4.74 Å². The van der Waals surface area contributed by atoms with Crippen LogP contribution >= 0.6 is 0 Å². The third kappa shape index (κ3) is 2.44. The van der Waals surface area contributed by atoms with E-state index in [4.69, 9.17) is 4.74 Å². The molecule has 3 aliphatic rings. The van der Waals surface area contributed by atoms with Crippen LogP contribution in [0.4, 0.5) is 0 Å². The second-order valence-corrected chi connectivity index (χ2v) is 6.19. The molecule has 0 aromatic carbocycles. The largest absolute Gasteiger partial charge is 0.374 e. The van der Waals surface area contributed by atoms with Crippen molar-refractivity contribution in [3.8, 4) is 0 Å². The molecular formula is C14H27N3O. The molecule has 0 amide bonds. The van der Waals surface area contributed by atoms with E-state index in [0.29, 0.717) is 18.2 Å². The maximum Gasteiger partial charge on any atom is 0.0852 e. The Labute approximate surface area is 111 Å². The molecule has 3 saturated heterocycles. The van der Waals surface area contributed by atoms with Crippen molar-refractivity contribution in [2.45, 2.75) is 50.9 Å². The smallest absolute Gasteiger partial charge is 0.0852 e. The number of piperazine rings is 1. The zero-order valence-corrected chi connectivity index (χ0v) is 11.8. The van der Waals surface area contributed by atoms with Gasteiger partial charge in [-0.3, -0.25) is 9.80 Å². The quantitative estimate of drug-likeness (QED) is 0.777. The van der Waals surface area contributed by atoms with E-state index in [1.807, 2.05) is 0 Å². The Morgan fingerprint density at radius 1 is 1.33 bits per heavy atom. The van der Waals surface area contributed by atoms with Crippen LogP contribution in [0.1, 0.15) is 26.7 Å². The van der Waals surface area contributed by atoms with Gasteiger partial charge in [-0.05, 0) is 33.2 Å². The molecule has 4 unspecified atom stereocenters. The molecule has 104 valence electrons. The van der Waals surface area contributed by atoms with Crippen LogP contribution in [0.25, 0.3) is 0 Å². The topological polar surface area (TPSA) is 27.7 Å². The molecule has 0 aromatic heterocycles. The first-order valence-corrected chi connectivity index (χ1v) is 7.58. The summed E-state index contributed by atoms with van der Waals surface area (Å²) in [6.07, 6.45) is 3.15. The molecule has 18 heavy (non-hydrogen) atoms. The third-order valence-corrected chi connectivity index (χ3v) is 5.00. The third-order valence-electron chi connectivity index (χ3n) is 5.00. The SMILES string of the molecule is CC1CN2CCCC2CN1C(C)C1CNCCO1. The molecule has 0 aliphatic carbocycles. The number of fused-ring (bicyclic) bond motifs is 1. The summed E-state index contributed by atoms with van der Waals surface area (Å²) in [7, 11) is 0. The van der Waals surface area contributed by atoms with Crippen molar-refractivity contribution in [3.63, 3.8) is 0 Å². The summed E-state index contributed by atoms with van der Waals surface area (Å²) < 4.78 is 5.93. The van der Waals surface area contributed by atoms with Crippen molar-refractivity contribution in [3.05, 3.63) is 0 Å².